The van der Waals surface area contributed by atoms with Gasteiger partial charge in [-0.05, 0) is 6.07 Å². The van der Waals surface area contributed by atoms with E-state index in [0.29, 0.717) is 11.0 Å². The van der Waals surface area contributed by atoms with Crippen molar-refractivity contribution in [2.75, 3.05) is 17.7 Å². The third kappa shape index (κ3) is 5.38. The second kappa shape index (κ2) is 9.29. The summed E-state index contributed by atoms with van der Waals surface area (Å²) in [5.41, 5.74) is 0.472. The first-order chi connectivity index (χ1) is 14.6. The fraction of sp³-hybridized carbons (Fsp3) is 0.278. The van der Waals surface area contributed by atoms with Crippen molar-refractivity contribution in [3.63, 3.8) is 0 Å². The highest BCUT2D eigenvalue weighted by molar-refractivity contribution is 6.68. The zero-order valence-corrected chi connectivity index (χ0v) is 18.5. The van der Waals surface area contributed by atoms with Gasteiger partial charge < -0.3 is 25.7 Å². The molecule has 0 spiro atoms. The Morgan fingerprint density at radius 3 is 2.52 bits per heavy atom. The van der Waals surface area contributed by atoms with Crippen molar-refractivity contribution < 1.29 is 18.3 Å². The highest BCUT2D eigenvalue weighted by Crippen LogP contribution is 2.32. The van der Waals surface area contributed by atoms with Gasteiger partial charge in [0.2, 0.25) is 15.6 Å². The topological polar surface area (TPSA) is 104 Å². The molecule has 3 aromatic rings. The van der Waals surface area contributed by atoms with E-state index in [1.54, 1.807) is 19.2 Å². The number of hydrogen-bond donors (Lipinski definition) is 4. The molecule has 0 saturated carbocycles. The highest BCUT2D eigenvalue weighted by atomic mass is 35.6. The van der Waals surface area contributed by atoms with Gasteiger partial charge in [-0.1, -0.05) is 41.7 Å². The molecule has 8 nitrogen and oxygen atoms in total. The predicted octanol–water partition coefficient (Wildman–Crippen LogP) is 4.62. The van der Waals surface area contributed by atoms with Crippen LogP contribution in [0.1, 0.15) is 13.3 Å². The van der Waals surface area contributed by atoms with Crippen molar-refractivity contribution >= 4 is 69.2 Å². The third-order valence-electron chi connectivity index (χ3n) is 4.11. The van der Waals surface area contributed by atoms with Crippen LogP contribution in [-0.2, 0) is 4.79 Å². The molecule has 166 valence electrons. The third-order valence-corrected chi connectivity index (χ3v) is 4.76. The molecule has 0 bridgehead atoms. The van der Waals surface area contributed by atoms with Crippen molar-refractivity contribution in [3.8, 4) is 5.75 Å². The highest BCUT2D eigenvalue weighted by Gasteiger charge is 2.34. The number of amides is 1. The lowest BCUT2D eigenvalue weighted by Gasteiger charge is -2.26. The first-order valence-corrected chi connectivity index (χ1v) is 10.0. The Labute approximate surface area is 190 Å². The smallest absolute Gasteiger partial charge is 0.228 e. The molecular weight excluding hydrogens is 477 g/mol. The number of aromatic amines is 1. The number of halogens is 5. The lowest BCUT2D eigenvalue weighted by Crippen LogP contribution is -2.49. The molecular formula is C18H17Cl3F2N6O2. The maximum Gasteiger partial charge on any atom is 0.228 e. The van der Waals surface area contributed by atoms with Crippen LogP contribution in [0.15, 0.2) is 24.4 Å². The number of alkyl halides is 3. The molecule has 31 heavy (non-hydrogen) atoms. The number of H-pyrrole nitrogens is 1. The fourth-order valence-corrected chi connectivity index (χ4v) is 2.98. The van der Waals surface area contributed by atoms with Crippen molar-refractivity contribution in [3.05, 3.63) is 36.0 Å². The lowest BCUT2D eigenvalue weighted by molar-refractivity contribution is -0.121. The molecule has 1 atom stereocenters. The molecule has 2 aromatic heterocycles. The number of anilines is 3. The second-order valence-corrected chi connectivity index (χ2v) is 8.64. The number of nitrogens with zero attached hydrogens (tertiary/aromatic N) is 2. The van der Waals surface area contributed by atoms with Gasteiger partial charge in [0.15, 0.2) is 17.4 Å². The fourth-order valence-electron chi connectivity index (χ4n) is 2.66. The SMILES string of the molecule is CCC(=O)NC(Nc1nc(Nc2cc(F)c(OC)c(F)c2)c2cc[nH]c2n1)C(Cl)(Cl)Cl. The Morgan fingerprint density at radius 2 is 1.94 bits per heavy atom. The molecule has 0 aliphatic carbocycles. The van der Waals surface area contributed by atoms with E-state index < -0.39 is 27.3 Å². The maximum atomic E-state index is 14.1. The monoisotopic (exact) mass is 492 g/mol. The van der Waals surface area contributed by atoms with Gasteiger partial charge >= 0.3 is 0 Å². The summed E-state index contributed by atoms with van der Waals surface area (Å²) in [6, 6.07) is 3.78. The van der Waals surface area contributed by atoms with E-state index in [2.05, 4.69) is 35.6 Å². The molecule has 3 rings (SSSR count). The Kier molecular flexibility index (Phi) is 6.93. The van der Waals surface area contributed by atoms with E-state index in [-0.39, 0.29) is 29.8 Å². The van der Waals surface area contributed by atoms with Gasteiger partial charge in [-0.2, -0.15) is 9.97 Å². The number of carbonyl (C=O) groups is 1. The summed E-state index contributed by atoms with van der Waals surface area (Å²) in [5, 5.41) is 8.65. The Morgan fingerprint density at radius 1 is 1.26 bits per heavy atom. The van der Waals surface area contributed by atoms with Gasteiger partial charge in [-0.15, -0.1) is 0 Å². The van der Waals surface area contributed by atoms with Crippen molar-refractivity contribution in [2.45, 2.75) is 23.3 Å². The number of nitrogens with one attached hydrogen (secondary N) is 4. The molecule has 0 fully saturated rings. The van der Waals surface area contributed by atoms with Crippen LogP contribution >= 0.6 is 34.8 Å². The van der Waals surface area contributed by atoms with Gasteiger partial charge in [0.25, 0.3) is 0 Å². The van der Waals surface area contributed by atoms with Crippen LogP contribution in [0, 0.1) is 11.6 Å². The molecule has 0 aliphatic rings. The molecule has 1 aromatic carbocycles. The van der Waals surface area contributed by atoms with E-state index in [1.807, 2.05) is 0 Å². The first-order valence-electron chi connectivity index (χ1n) is 8.90. The predicted molar refractivity (Wildman–Crippen MR) is 116 cm³/mol. The number of aromatic nitrogens is 3. The zero-order valence-electron chi connectivity index (χ0n) is 16.2. The Hall–Kier alpha value is -2.56. The molecule has 1 unspecified atom stereocenters. The summed E-state index contributed by atoms with van der Waals surface area (Å²) in [7, 11) is 1.17. The van der Waals surface area contributed by atoms with Gasteiger partial charge in [0.1, 0.15) is 17.6 Å². The normalized spacial score (nSPS) is 12.5. The number of fused-ring (bicyclic) bond motifs is 1. The van der Waals surface area contributed by atoms with Gasteiger partial charge in [0.05, 0.1) is 12.5 Å². The maximum absolute atomic E-state index is 14.1. The number of ether oxygens (including phenoxy) is 1. The Bertz CT molecular complexity index is 1080. The largest absolute Gasteiger partial charge is 0.491 e. The van der Waals surface area contributed by atoms with Crippen LogP contribution in [0.5, 0.6) is 5.75 Å². The molecule has 2 heterocycles. The van der Waals surface area contributed by atoms with Crippen molar-refractivity contribution in [2.24, 2.45) is 0 Å². The standard InChI is InChI=1S/C18H17Cl3F2N6O2/c1-3-12(30)26-16(18(19,20)21)29-17-27-14-9(4-5-24-14)15(28-17)25-8-6-10(22)13(31-2)11(23)7-8/h4-7,16H,3H2,1-2H3,(H,26,30)(H3,24,25,27,28,29). The lowest BCUT2D eigenvalue weighted by atomic mass is 10.2. The summed E-state index contributed by atoms with van der Waals surface area (Å²) in [5.74, 6) is -2.45. The van der Waals surface area contributed by atoms with E-state index >= 15 is 0 Å². The molecule has 1 amide bonds. The molecule has 0 saturated heterocycles. The van der Waals surface area contributed by atoms with Crippen LogP contribution in [0.25, 0.3) is 11.0 Å². The Balaban J connectivity index is 1.96. The van der Waals surface area contributed by atoms with E-state index in [1.165, 1.54) is 7.11 Å². The molecule has 0 aliphatic heterocycles. The first kappa shape index (κ1) is 23.1. The summed E-state index contributed by atoms with van der Waals surface area (Å²) >= 11 is 17.9. The van der Waals surface area contributed by atoms with E-state index in [4.69, 9.17) is 34.8 Å². The van der Waals surface area contributed by atoms with Crippen LogP contribution in [-0.4, -0.2) is 37.9 Å². The minimum absolute atomic E-state index is 0.0142. The summed E-state index contributed by atoms with van der Waals surface area (Å²) in [4.78, 5) is 23.3. The van der Waals surface area contributed by atoms with Crippen molar-refractivity contribution in [1.82, 2.24) is 20.3 Å². The van der Waals surface area contributed by atoms with Gasteiger partial charge in [-0.25, -0.2) is 8.78 Å². The van der Waals surface area contributed by atoms with E-state index in [9.17, 15) is 13.6 Å². The quantitative estimate of drug-likeness (QED) is 0.283. The molecule has 4 N–H and O–H groups in total. The summed E-state index contributed by atoms with van der Waals surface area (Å²) in [6.45, 7) is 1.64. The summed E-state index contributed by atoms with van der Waals surface area (Å²) in [6.07, 6.45) is 0.618. The number of carbonyl (C=O) groups excluding carboxylic acids is 1. The van der Waals surface area contributed by atoms with Gasteiger partial charge in [-0.3, -0.25) is 4.79 Å². The minimum atomic E-state index is -1.92. The average Bonchev–Trinajstić information content (AvgIpc) is 3.15. The van der Waals surface area contributed by atoms with E-state index in [0.717, 1.165) is 12.1 Å². The number of methoxy groups -OCH3 is 1. The number of hydrogen-bond acceptors (Lipinski definition) is 6. The second-order valence-electron chi connectivity index (χ2n) is 6.27. The van der Waals surface area contributed by atoms with Crippen LogP contribution < -0.4 is 20.7 Å². The van der Waals surface area contributed by atoms with Crippen LogP contribution in [0.2, 0.25) is 0 Å². The zero-order chi connectivity index (χ0) is 22.8. The molecule has 13 heteroatoms. The van der Waals surface area contributed by atoms with Crippen LogP contribution in [0.4, 0.5) is 26.2 Å². The van der Waals surface area contributed by atoms with Gasteiger partial charge in [0, 0.05) is 30.4 Å². The average molecular weight is 494 g/mol. The minimum Gasteiger partial charge on any atom is -0.491 e. The summed E-state index contributed by atoms with van der Waals surface area (Å²) < 4.78 is 30.9. The number of benzene rings is 1. The number of rotatable bonds is 7. The molecule has 0 radical (unpaired) electrons. The van der Waals surface area contributed by atoms with Crippen molar-refractivity contribution in [1.29, 1.82) is 0 Å². The van der Waals surface area contributed by atoms with Crippen LogP contribution in [0.3, 0.4) is 0 Å².